The van der Waals surface area contributed by atoms with E-state index in [-0.39, 0.29) is 11.0 Å². The molecule has 2 N–H and O–H groups in total. The van der Waals surface area contributed by atoms with Crippen LogP contribution in [0.5, 0.6) is 0 Å². The molecule has 1 saturated carbocycles. The molecule has 1 atom stereocenters. The summed E-state index contributed by atoms with van der Waals surface area (Å²) in [6.07, 6.45) is 4.13. The lowest BCUT2D eigenvalue weighted by Crippen LogP contribution is -2.46. The average molecular weight is 264 g/mol. The smallest absolute Gasteiger partial charge is 0.223 e. The molecule has 6 heteroatoms. The van der Waals surface area contributed by atoms with E-state index in [4.69, 9.17) is 18.0 Å². The SMILES string of the molecule is CCN(C1CCCC1)S(=O)(=O)C(C)C(N)=S. The third kappa shape index (κ3) is 2.73. The van der Waals surface area contributed by atoms with Gasteiger partial charge in [0.15, 0.2) is 0 Å². The third-order valence-electron chi connectivity index (χ3n) is 3.22. The average Bonchev–Trinajstić information content (AvgIpc) is 2.70. The Labute approximate surface area is 103 Å². The van der Waals surface area contributed by atoms with Crippen LogP contribution in [0.4, 0.5) is 0 Å². The quantitative estimate of drug-likeness (QED) is 0.759. The van der Waals surface area contributed by atoms with Crippen LogP contribution in [0.15, 0.2) is 0 Å². The maximum absolute atomic E-state index is 12.2. The summed E-state index contributed by atoms with van der Waals surface area (Å²) in [5.74, 6) is 0. The lowest BCUT2D eigenvalue weighted by atomic mass is 10.2. The standard InChI is InChI=1S/C10H20N2O2S2/c1-3-12(9-6-4-5-7-9)16(13,14)8(2)10(11)15/h8-9H,3-7H2,1-2H3,(H2,11,15). The Balaban J connectivity index is 2.90. The van der Waals surface area contributed by atoms with Gasteiger partial charge in [0.2, 0.25) is 10.0 Å². The lowest BCUT2D eigenvalue weighted by Gasteiger charge is -2.29. The molecule has 0 bridgehead atoms. The summed E-state index contributed by atoms with van der Waals surface area (Å²) in [6.45, 7) is 3.93. The maximum atomic E-state index is 12.2. The van der Waals surface area contributed by atoms with Gasteiger partial charge in [-0.3, -0.25) is 0 Å². The molecular weight excluding hydrogens is 244 g/mol. The molecule has 0 aromatic rings. The minimum absolute atomic E-state index is 0.0523. The van der Waals surface area contributed by atoms with E-state index in [2.05, 4.69) is 0 Å². The van der Waals surface area contributed by atoms with Crippen molar-refractivity contribution in [3.05, 3.63) is 0 Å². The van der Waals surface area contributed by atoms with Crippen LogP contribution in [0.2, 0.25) is 0 Å². The highest BCUT2D eigenvalue weighted by atomic mass is 32.2. The predicted molar refractivity (Wildman–Crippen MR) is 69.8 cm³/mol. The fraction of sp³-hybridized carbons (Fsp3) is 0.900. The lowest BCUT2D eigenvalue weighted by molar-refractivity contribution is 0.334. The first-order valence-electron chi connectivity index (χ1n) is 5.71. The van der Waals surface area contributed by atoms with Crippen LogP contribution in [0.1, 0.15) is 39.5 Å². The van der Waals surface area contributed by atoms with Crippen LogP contribution in [0, 0.1) is 0 Å². The molecule has 94 valence electrons. The monoisotopic (exact) mass is 264 g/mol. The summed E-state index contributed by atoms with van der Waals surface area (Å²) < 4.78 is 26.1. The summed E-state index contributed by atoms with van der Waals surface area (Å²) in [6, 6.07) is 0.145. The minimum Gasteiger partial charge on any atom is -0.392 e. The molecule has 0 aromatic carbocycles. The van der Waals surface area contributed by atoms with Crippen LogP contribution >= 0.6 is 12.2 Å². The van der Waals surface area contributed by atoms with Gasteiger partial charge in [0.25, 0.3) is 0 Å². The Morgan fingerprint density at radius 3 is 2.38 bits per heavy atom. The van der Waals surface area contributed by atoms with Crippen molar-refractivity contribution in [3.8, 4) is 0 Å². The highest BCUT2D eigenvalue weighted by molar-refractivity contribution is 7.92. The molecule has 16 heavy (non-hydrogen) atoms. The highest BCUT2D eigenvalue weighted by Gasteiger charge is 2.35. The first-order valence-corrected chi connectivity index (χ1v) is 7.62. The van der Waals surface area contributed by atoms with Gasteiger partial charge in [-0.15, -0.1) is 0 Å². The van der Waals surface area contributed by atoms with E-state index in [0.29, 0.717) is 6.54 Å². The molecule has 1 aliphatic carbocycles. The van der Waals surface area contributed by atoms with Crippen LogP contribution in [-0.4, -0.2) is 35.5 Å². The molecule has 1 aliphatic rings. The highest BCUT2D eigenvalue weighted by Crippen LogP contribution is 2.26. The molecule has 0 saturated heterocycles. The molecule has 0 amide bonds. The zero-order chi connectivity index (χ0) is 12.3. The number of hydrogen-bond donors (Lipinski definition) is 1. The first-order chi connectivity index (χ1) is 7.41. The van der Waals surface area contributed by atoms with Crippen molar-refractivity contribution in [2.75, 3.05) is 6.54 Å². The van der Waals surface area contributed by atoms with Crippen molar-refractivity contribution in [3.63, 3.8) is 0 Å². The second-order valence-electron chi connectivity index (χ2n) is 4.23. The Kier molecular flexibility index (Phi) is 4.70. The van der Waals surface area contributed by atoms with Gasteiger partial charge in [0.1, 0.15) is 5.25 Å². The number of nitrogens with two attached hydrogens (primary N) is 1. The van der Waals surface area contributed by atoms with Gasteiger partial charge < -0.3 is 5.73 Å². The second kappa shape index (κ2) is 5.42. The number of rotatable bonds is 5. The van der Waals surface area contributed by atoms with Gasteiger partial charge in [0.05, 0.1) is 4.99 Å². The largest absolute Gasteiger partial charge is 0.392 e. The van der Waals surface area contributed by atoms with Crippen molar-refractivity contribution in [2.24, 2.45) is 5.73 Å². The van der Waals surface area contributed by atoms with Gasteiger partial charge in [-0.05, 0) is 19.8 Å². The summed E-state index contributed by atoms with van der Waals surface area (Å²) in [5.41, 5.74) is 5.44. The first kappa shape index (κ1) is 13.9. The van der Waals surface area contributed by atoms with Crippen molar-refractivity contribution in [1.82, 2.24) is 4.31 Å². The zero-order valence-electron chi connectivity index (χ0n) is 9.85. The summed E-state index contributed by atoms with van der Waals surface area (Å²) in [5, 5.41) is -0.761. The Bertz CT molecular complexity index is 348. The van der Waals surface area contributed by atoms with Crippen molar-refractivity contribution in [1.29, 1.82) is 0 Å². The summed E-state index contributed by atoms with van der Waals surface area (Å²) in [7, 11) is -3.37. The van der Waals surface area contributed by atoms with Gasteiger partial charge in [-0.2, -0.15) is 4.31 Å². The number of hydrogen-bond acceptors (Lipinski definition) is 3. The van der Waals surface area contributed by atoms with Crippen molar-refractivity contribution < 1.29 is 8.42 Å². The van der Waals surface area contributed by atoms with E-state index >= 15 is 0 Å². The molecule has 4 nitrogen and oxygen atoms in total. The number of nitrogens with zero attached hydrogens (tertiary/aromatic N) is 1. The molecule has 0 radical (unpaired) electrons. The molecule has 1 fully saturated rings. The Hall–Kier alpha value is -0.200. The molecule has 0 aliphatic heterocycles. The molecule has 0 spiro atoms. The number of thiocarbonyl (C=S) groups is 1. The molecule has 0 heterocycles. The van der Waals surface area contributed by atoms with Crippen molar-refractivity contribution >= 4 is 27.2 Å². The van der Waals surface area contributed by atoms with Gasteiger partial charge in [-0.1, -0.05) is 32.0 Å². The normalized spacial score (nSPS) is 20.2. The van der Waals surface area contributed by atoms with Crippen molar-refractivity contribution in [2.45, 2.75) is 50.8 Å². The zero-order valence-corrected chi connectivity index (χ0v) is 11.5. The third-order valence-corrected chi connectivity index (χ3v) is 6.08. The Morgan fingerprint density at radius 1 is 1.50 bits per heavy atom. The predicted octanol–water partition coefficient (Wildman–Crippen LogP) is 1.26. The fourth-order valence-electron chi connectivity index (χ4n) is 2.19. The van der Waals surface area contributed by atoms with E-state index < -0.39 is 15.3 Å². The topological polar surface area (TPSA) is 63.4 Å². The van der Waals surface area contributed by atoms with Gasteiger partial charge in [0, 0.05) is 12.6 Å². The van der Waals surface area contributed by atoms with Crippen LogP contribution in [0.25, 0.3) is 0 Å². The van der Waals surface area contributed by atoms with Gasteiger partial charge >= 0.3 is 0 Å². The Morgan fingerprint density at radius 2 is 2.00 bits per heavy atom. The van der Waals surface area contributed by atoms with E-state index in [0.717, 1.165) is 25.7 Å². The molecule has 0 aromatic heterocycles. The fourth-order valence-corrected chi connectivity index (χ4v) is 4.24. The number of sulfonamides is 1. The van der Waals surface area contributed by atoms with E-state index in [9.17, 15) is 8.42 Å². The molecule has 1 unspecified atom stereocenters. The van der Waals surface area contributed by atoms with Crippen LogP contribution in [-0.2, 0) is 10.0 Å². The minimum atomic E-state index is -3.37. The molecule has 1 rings (SSSR count). The summed E-state index contributed by atoms with van der Waals surface area (Å²) in [4.78, 5) is 0.0523. The summed E-state index contributed by atoms with van der Waals surface area (Å²) >= 11 is 4.78. The van der Waals surface area contributed by atoms with Crippen LogP contribution in [0.3, 0.4) is 0 Å². The van der Waals surface area contributed by atoms with E-state index in [1.54, 1.807) is 11.2 Å². The van der Waals surface area contributed by atoms with Gasteiger partial charge in [-0.25, -0.2) is 8.42 Å². The molecular formula is C10H20N2O2S2. The second-order valence-corrected chi connectivity index (χ2v) is 6.91. The maximum Gasteiger partial charge on any atom is 0.223 e. The van der Waals surface area contributed by atoms with E-state index in [1.807, 2.05) is 6.92 Å². The van der Waals surface area contributed by atoms with E-state index in [1.165, 1.54) is 0 Å². The van der Waals surface area contributed by atoms with Crippen LogP contribution < -0.4 is 5.73 Å².